The SMILES string of the molecule is Cc1nc(CC(=O)C2CCC(C)CC2)cs1. The van der Waals surface area contributed by atoms with E-state index in [0.29, 0.717) is 18.1 Å². The zero-order valence-electron chi connectivity index (χ0n) is 10.0. The normalized spacial score (nSPS) is 25.6. The number of rotatable bonds is 3. The second-order valence-electron chi connectivity index (χ2n) is 4.96. The van der Waals surface area contributed by atoms with Gasteiger partial charge < -0.3 is 0 Å². The minimum atomic E-state index is 0.304. The van der Waals surface area contributed by atoms with Crippen molar-refractivity contribution in [3.63, 3.8) is 0 Å². The van der Waals surface area contributed by atoms with Gasteiger partial charge in [-0.15, -0.1) is 11.3 Å². The van der Waals surface area contributed by atoms with Crippen molar-refractivity contribution in [2.24, 2.45) is 11.8 Å². The first-order chi connectivity index (χ1) is 7.65. The Kier molecular flexibility index (Phi) is 3.74. The molecule has 16 heavy (non-hydrogen) atoms. The highest BCUT2D eigenvalue weighted by molar-refractivity contribution is 7.09. The first kappa shape index (κ1) is 11.8. The van der Waals surface area contributed by atoms with Crippen LogP contribution < -0.4 is 0 Å². The van der Waals surface area contributed by atoms with E-state index in [1.807, 2.05) is 12.3 Å². The number of thiazole rings is 1. The molecule has 1 heterocycles. The Hall–Kier alpha value is -0.700. The number of aryl methyl sites for hydroxylation is 1. The number of Topliss-reactive ketones (excluding diaryl/α,β-unsaturated/α-hetero) is 1. The Bertz CT molecular complexity index is 364. The maximum absolute atomic E-state index is 12.0. The lowest BCUT2D eigenvalue weighted by molar-refractivity contribution is -0.123. The zero-order chi connectivity index (χ0) is 11.5. The predicted molar refractivity (Wildman–Crippen MR) is 66.7 cm³/mol. The first-order valence-electron chi connectivity index (χ1n) is 6.09. The Morgan fingerprint density at radius 3 is 2.69 bits per heavy atom. The van der Waals surface area contributed by atoms with Gasteiger partial charge in [0.1, 0.15) is 5.78 Å². The molecule has 1 aliphatic rings. The molecule has 2 nitrogen and oxygen atoms in total. The van der Waals surface area contributed by atoms with Gasteiger partial charge in [0.15, 0.2) is 0 Å². The monoisotopic (exact) mass is 237 g/mol. The summed E-state index contributed by atoms with van der Waals surface area (Å²) >= 11 is 1.63. The van der Waals surface area contributed by atoms with Gasteiger partial charge in [0.2, 0.25) is 0 Å². The molecule has 2 rings (SSSR count). The summed E-state index contributed by atoms with van der Waals surface area (Å²) in [6.07, 6.45) is 5.15. The van der Waals surface area contributed by atoms with Gasteiger partial charge in [-0.05, 0) is 25.7 Å². The average molecular weight is 237 g/mol. The highest BCUT2D eigenvalue weighted by Crippen LogP contribution is 2.29. The van der Waals surface area contributed by atoms with Crippen LogP contribution >= 0.6 is 11.3 Å². The molecule has 0 unspecified atom stereocenters. The molecule has 1 aromatic rings. The highest BCUT2D eigenvalue weighted by atomic mass is 32.1. The molecule has 1 saturated carbocycles. The molecule has 0 spiro atoms. The van der Waals surface area contributed by atoms with Crippen molar-refractivity contribution >= 4 is 17.1 Å². The summed E-state index contributed by atoms with van der Waals surface area (Å²) in [5.41, 5.74) is 0.964. The molecule has 1 aromatic heterocycles. The fourth-order valence-corrected chi connectivity index (χ4v) is 3.01. The Balaban J connectivity index is 1.88. The van der Waals surface area contributed by atoms with Crippen LogP contribution in [0.25, 0.3) is 0 Å². The molecule has 0 aliphatic heterocycles. The van der Waals surface area contributed by atoms with Crippen LogP contribution in [0.2, 0.25) is 0 Å². The van der Waals surface area contributed by atoms with E-state index in [1.54, 1.807) is 11.3 Å². The molecular formula is C13H19NOS. The maximum Gasteiger partial charge on any atom is 0.141 e. The summed E-state index contributed by atoms with van der Waals surface area (Å²) in [4.78, 5) is 16.4. The lowest BCUT2D eigenvalue weighted by atomic mass is 9.80. The summed E-state index contributed by atoms with van der Waals surface area (Å²) < 4.78 is 0. The second-order valence-corrected chi connectivity index (χ2v) is 6.02. The van der Waals surface area contributed by atoms with Gasteiger partial charge in [-0.25, -0.2) is 4.98 Å². The molecule has 0 amide bonds. The Morgan fingerprint density at radius 2 is 2.12 bits per heavy atom. The molecule has 0 bridgehead atoms. The van der Waals surface area contributed by atoms with Crippen molar-refractivity contribution in [2.75, 3.05) is 0 Å². The van der Waals surface area contributed by atoms with Crippen LogP contribution in [-0.2, 0) is 11.2 Å². The molecule has 0 aromatic carbocycles. The van der Waals surface area contributed by atoms with Crippen molar-refractivity contribution in [3.8, 4) is 0 Å². The number of carbonyl (C=O) groups is 1. The molecule has 0 radical (unpaired) electrons. The van der Waals surface area contributed by atoms with Gasteiger partial charge in [0, 0.05) is 17.7 Å². The van der Waals surface area contributed by atoms with E-state index in [0.717, 1.165) is 29.5 Å². The van der Waals surface area contributed by atoms with E-state index in [9.17, 15) is 4.79 Å². The summed E-state index contributed by atoms with van der Waals surface area (Å²) in [6.45, 7) is 4.27. The third-order valence-electron chi connectivity index (χ3n) is 3.49. The molecule has 88 valence electrons. The summed E-state index contributed by atoms with van der Waals surface area (Å²) in [5.74, 6) is 1.51. The smallest absolute Gasteiger partial charge is 0.141 e. The Morgan fingerprint density at radius 1 is 1.44 bits per heavy atom. The number of hydrogen-bond donors (Lipinski definition) is 0. The van der Waals surface area contributed by atoms with Gasteiger partial charge in [0.25, 0.3) is 0 Å². The van der Waals surface area contributed by atoms with Gasteiger partial charge in [-0.2, -0.15) is 0 Å². The lowest BCUT2D eigenvalue weighted by Gasteiger charge is -2.24. The van der Waals surface area contributed by atoms with E-state index in [-0.39, 0.29) is 0 Å². The number of ketones is 1. The molecule has 0 saturated heterocycles. The summed E-state index contributed by atoms with van der Waals surface area (Å²) in [5, 5.41) is 3.07. The van der Waals surface area contributed by atoms with Gasteiger partial charge in [0.05, 0.1) is 10.7 Å². The van der Waals surface area contributed by atoms with Crippen molar-refractivity contribution in [1.82, 2.24) is 4.98 Å². The lowest BCUT2D eigenvalue weighted by Crippen LogP contribution is -2.22. The first-order valence-corrected chi connectivity index (χ1v) is 6.97. The van der Waals surface area contributed by atoms with Crippen molar-refractivity contribution in [2.45, 2.75) is 46.0 Å². The average Bonchev–Trinajstić information content (AvgIpc) is 2.65. The quantitative estimate of drug-likeness (QED) is 0.806. The van der Waals surface area contributed by atoms with Crippen molar-refractivity contribution in [3.05, 3.63) is 16.1 Å². The van der Waals surface area contributed by atoms with Gasteiger partial charge >= 0.3 is 0 Å². The third-order valence-corrected chi connectivity index (χ3v) is 4.32. The fourth-order valence-electron chi connectivity index (χ4n) is 2.39. The van der Waals surface area contributed by atoms with Crippen LogP contribution in [0.3, 0.4) is 0 Å². The van der Waals surface area contributed by atoms with E-state index in [2.05, 4.69) is 11.9 Å². The van der Waals surface area contributed by atoms with Gasteiger partial charge in [-0.1, -0.05) is 19.8 Å². The topological polar surface area (TPSA) is 30.0 Å². The minimum Gasteiger partial charge on any atom is -0.299 e. The zero-order valence-corrected chi connectivity index (χ0v) is 10.8. The number of aromatic nitrogens is 1. The molecule has 1 fully saturated rings. The van der Waals surface area contributed by atoms with Crippen LogP contribution in [0, 0.1) is 18.8 Å². The summed E-state index contributed by atoms with van der Waals surface area (Å²) in [6, 6.07) is 0. The highest BCUT2D eigenvalue weighted by Gasteiger charge is 2.24. The molecular weight excluding hydrogens is 218 g/mol. The fraction of sp³-hybridized carbons (Fsp3) is 0.692. The number of hydrogen-bond acceptors (Lipinski definition) is 3. The van der Waals surface area contributed by atoms with Crippen LogP contribution in [0.15, 0.2) is 5.38 Å². The predicted octanol–water partition coefficient (Wildman–Crippen LogP) is 3.39. The minimum absolute atomic E-state index is 0.304. The molecule has 1 aliphatic carbocycles. The molecule has 3 heteroatoms. The molecule has 0 N–H and O–H groups in total. The van der Waals surface area contributed by atoms with Crippen LogP contribution in [0.4, 0.5) is 0 Å². The largest absolute Gasteiger partial charge is 0.299 e. The second kappa shape index (κ2) is 5.09. The molecule has 0 atom stereocenters. The van der Waals surface area contributed by atoms with E-state index in [4.69, 9.17) is 0 Å². The van der Waals surface area contributed by atoms with E-state index in [1.165, 1.54) is 12.8 Å². The third kappa shape index (κ3) is 2.91. The van der Waals surface area contributed by atoms with Crippen molar-refractivity contribution < 1.29 is 4.79 Å². The van der Waals surface area contributed by atoms with Crippen LogP contribution in [-0.4, -0.2) is 10.8 Å². The van der Waals surface area contributed by atoms with Crippen molar-refractivity contribution in [1.29, 1.82) is 0 Å². The van der Waals surface area contributed by atoms with E-state index < -0.39 is 0 Å². The standard InChI is InChI=1S/C13H19NOS/c1-9-3-5-11(6-4-9)13(15)7-12-8-16-10(2)14-12/h8-9,11H,3-7H2,1-2H3. The number of carbonyl (C=O) groups excluding carboxylic acids is 1. The van der Waals surface area contributed by atoms with Crippen LogP contribution in [0.1, 0.15) is 43.3 Å². The van der Waals surface area contributed by atoms with Crippen LogP contribution in [0.5, 0.6) is 0 Å². The Labute approximate surface area is 101 Å². The van der Waals surface area contributed by atoms with E-state index >= 15 is 0 Å². The van der Waals surface area contributed by atoms with Gasteiger partial charge in [-0.3, -0.25) is 4.79 Å². The summed E-state index contributed by atoms with van der Waals surface area (Å²) in [7, 11) is 0. The maximum atomic E-state index is 12.0. The number of nitrogens with zero attached hydrogens (tertiary/aromatic N) is 1.